The minimum atomic E-state index is -0.531. The molecule has 1 fully saturated rings. The van der Waals surface area contributed by atoms with Crippen LogP contribution in [0.3, 0.4) is 0 Å². The molecule has 2 aromatic rings. The van der Waals surface area contributed by atoms with Gasteiger partial charge in [0.2, 0.25) is 0 Å². The van der Waals surface area contributed by atoms with Crippen LogP contribution in [0.1, 0.15) is 41.7 Å². The number of carbonyl (C=O) groups excluding carboxylic acids is 2. The van der Waals surface area contributed by atoms with E-state index < -0.39 is 5.97 Å². The van der Waals surface area contributed by atoms with Gasteiger partial charge >= 0.3 is 5.97 Å². The van der Waals surface area contributed by atoms with E-state index in [1.807, 2.05) is 31.2 Å². The predicted octanol–water partition coefficient (Wildman–Crippen LogP) is 3.48. The average molecular weight is 432 g/mol. The van der Waals surface area contributed by atoms with Gasteiger partial charge in [0.25, 0.3) is 5.91 Å². The molecule has 1 aliphatic heterocycles. The van der Waals surface area contributed by atoms with Crippen molar-refractivity contribution in [2.24, 2.45) is 0 Å². The van der Waals surface area contributed by atoms with Crippen LogP contribution in [-0.4, -0.2) is 36.6 Å². The summed E-state index contributed by atoms with van der Waals surface area (Å²) < 4.78 is 6.20. The molecule has 1 aliphatic rings. The Labute approximate surface area is 167 Å². The van der Waals surface area contributed by atoms with Gasteiger partial charge in [-0.3, -0.25) is 4.79 Å². The molecule has 0 saturated carbocycles. The van der Waals surface area contributed by atoms with Gasteiger partial charge in [-0.15, -0.1) is 0 Å². The van der Waals surface area contributed by atoms with Crippen LogP contribution in [0.15, 0.2) is 47.1 Å². The second-order valence-electron chi connectivity index (χ2n) is 6.49. The molecule has 3 rings (SSSR count). The molecule has 0 radical (unpaired) electrons. The van der Waals surface area contributed by atoms with E-state index >= 15 is 0 Å². The smallest absolute Gasteiger partial charge is 0.342 e. The van der Waals surface area contributed by atoms with E-state index in [2.05, 4.69) is 31.1 Å². The van der Waals surface area contributed by atoms with Crippen molar-refractivity contribution in [1.82, 2.24) is 10.3 Å². The standard InChI is InChI=1S/C20H22BrN3O3/c1-14(15-6-8-16(21)9-7-15)23-18(25)13-27-20(26)17-5-4-10-22-19(17)24-11-2-3-12-24/h4-10,14H,2-3,11-13H2,1H3,(H,23,25). The third kappa shape index (κ3) is 5.07. The lowest BCUT2D eigenvalue weighted by Crippen LogP contribution is -2.31. The van der Waals surface area contributed by atoms with Crippen LogP contribution in [0.4, 0.5) is 5.82 Å². The number of nitrogens with zero attached hydrogens (tertiary/aromatic N) is 2. The van der Waals surface area contributed by atoms with Crippen LogP contribution >= 0.6 is 15.9 Å². The minimum Gasteiger partial charge on any atom is -0.452 e. The molecule has 1 N–H and O–H groups in total. The van der Waals surface area contributed by atoms with Gasteiger partial charge in [-0.05, 0) is 49.6 Å². The maximum Gasteiger partial charge on any atom is 0.342 e. The molecule has 7 heteroatoms. The summed E-state index contributed by atoms with van der Waals surface area (Å²) in [4.78, 5) is 31.0. The largest absolute Gasteiger partial charge is 0.452 e. The maximum atomic E-state index is 12.4. The highest BCUT2D eigenvalue weighted by molar-refractivity contribution is 9.10. The lowest BCUT2D eigenvalue weighted by atomic mass is 10.1. The minimum absolute atomic E-state index is 0.178. The lowest BCUT2D eigenvalue weighted by Gasteiger charge is -2.19. The third-order valence-corrected chi connectivity index (χ3v) is 5.02. The molecule has 1 amide bonds. The number of aromatic nitrogens is 1. The molecule has 1 unspecified atom stereocenters. The number of anilines is 1. The zero-order valence-electron chi connectivity index (χ0n) is 15.2. The fourth-order valence-corrected chi connectivity index (χ4v) is 3.33. The van der Waals surface area contributed by atoms with E-state index in [9.17, 15) is 9.59 Å². The Kier molecular flexibility index (Phi) is 6.45. The maximum absolute atomic E-state index is 12.4. The summed E-state index contributed by atoms with van der Waals surface area (Å²) in [5, 5.41) is 2.83. The molecule has 1 aromatic heterocycles. The van der Waals surface area contributed by atoms with Crippen LogP contribution in [-0.2, 0) is 9.53 Å². The first-order valence-corrected chi connectivity index (χ1v) is 9.76. The SMILES string of the molecule is CC(NC(=O)COC(=O)c1cccnc1N1CCCC1)c1ccc(Br)cc1. The number of esters is 1. The number of ether oxygens (including phenoxy) is 1. The molecular formula is C20H22BrN3O3. The Morgan fingerprint density at radius 2 is 1.93 bits per heavy atom. The first kappa shape index (κ1) is 19.4. The summed E-state index contributed by atoms with van der Waals surface area (Å²) in [6, 6.07) is 10.9. The number of amides is 1. The average Bonchev–Trinajstić information content (AvgIpc) is 3.21. The Morgan fingerprint density at radius 1 is 1.22 bits per heavy atom. The van der Waals surface area contributed by atoms with Gasteiger partial charge < -0.3 is 15.0 Å². The second-order valence-corrected chi connectivity index (χ2v) is 7.40. The van der Waals surface area contributed by atoms with Gasteiger partial charge in [-0.2, -0.15) is 0 Å². The van der Waals surface area contributed by atoms with E-state index in [0.717, 1.165) is 36.0 Å². The summed E-state index contributed by atoms with van der Waals surface area (Å²) >= 11 is 3.39. The van der Waals surface area contributed by atoms with E-state index in [1.165, 1.54) is 0 Å². The summed E-state index contributed by atoms with van der Waals surface area (Å²) in [6.45, 7) is 3.31. The van der Waals surface area contributed by atoms with Crippen LogP contribution in [0.2, 0.25) is 0 Å². The van der Waals surface area contributed by atoms with Crippen LogP contribution in [0.25, 0.3) is 0 Å². The summed E-state index contributed by atoms with van der Waals surface area (Å²) in [7, 11) is 0. The van der Waals surface area contributed by atoms with E-state index in [4.69, 9.17) is 4.74 Å². The zero-order chi connectivity index (χ0) is 19.2. The Bertz CT molecular complexity index is 804. The highest BCUT2D eigenvalue weighted by Gasteiger charge is 2.22. The molecule has 1 aromatic carbocycles. The molecule has 27 heavy (non-hydrogen) atoms. The Morgan fingerprint density at radius 3 is 2.63 bits per heavy atom. The fraction of sp³-hybridized carbons (Fsp3) is 0.350. The lowest BCUT2D eigenvalue weighted by molar-refractivity contribution is -0.124. The molecule has 0 bridgehead atoms. The third-order valence-electron chi connectivity index (χ3n) is 4.49. The van der Waals surface area contributed by atoms with Gasteiger partial charge in [0.1, 0.15) is 11.4 Å². The van der Waals surface area contributed by atoms with Crippen molar-refractivity contribution in [2.75, 3.05) is 24.6 Å². The second kappa shape index (κ2) is 8.99. The molecule has 0 spiro atoms. The molecule has 0 aliphatic carbocycles. The highest BCUT2D eigenvalue weighted by atomic mass is 79.9. The number of hydrogen-bond acceptors (Lipinski definition) is 5. The van der Waals surface area contributed by atoms with E-state index in [0.29, 0.717) is 11.4 Å². The van der Waals surface area contributed by atoms with Crippen molar-refractivity contribution in [1.29, 1.82) is 0 Å². The van der Waals surface area contributed by atoms with Gasteiger partial charge in [-0.25, -0.2) is 9.78 Å². The molecule has 1 saturated heterocycles. The van der Waals surface area contributed by atoms with Crippen LogP contribution in [0.5, 0.6) is 0 Å². The number of carbonyl (C=O) groups is 2. The number of hydrogen-bond donors (Lipinski definition) is 1. The molecule has 6 nitrogen and oxygen atoms in total. The van der Waals surface area contributed by atoms with Crippen molar-refractivity contribution in [3.05, 3.63) is 58.2 Å². The number of pyridine rings is 1. The van der Waals surface area contributed by atoms with Gasteiger partial charge in [0.15, 0.2) is 6.61 Å². The molecule has 142 valence electrons. The first-order valence-electron chi connectivity index (χ1n) is 8.96. The Hall–Kier alpha value is -2.41. The number of nitrogens with one attached hydrogen (secondary N) is 1. The highest BCUT2D eigenvalue weighted by Crippen LogP contribution is 2.22. The van der Waals surface area contributed by atoms with Crippen molar-refractivity contribution in [2.45, 2.75) is 25.8 Å². The summed E-state index contributed by atoms with van der Waals surface area (Å²) in [6.07, 6.45) is 3.83. The van der Waals surface area contributed by atoms with Gasteiger partial charge in [0.05, 0.1) is 6.04 Å². The monoisotopic (exact) mass is 431 g/mol. The summed E-state index contributed by atoms with van der Waals surface area (Å²) in [5.74, 6) is -0.245. The van der Waals surface area contributed by atoms with Crippen LogP contribution < -0.4 is 10.2 Å². The molecular weight excluding hydrogens is 410 g/mol. The van der Waals surface area contributed by atoms with Crippen molar-refractivity contribution < 1.29 is 14.3 Å². The zero-order valence-corrected chi connectivity index (χ0v) is 16.7. The predicted molar refractivity (Wildman–Crippen MR) is 107 cm³/mol. The number of rotatable bonds is 6. The van der Waals surface area contributed by atoms with Gasteiger partial charge in [-0.1, -0.05) is 28.1 Å². The van der Waals surface area contributed by atoms with E-state index in [-0.39, 0.29) is 18.6 Å². The van der Waals surface area contributed by atoms with Gasteiger partial charge in [0, 0.05) is 23.8 Å². The number of benzene rings is 1. The first-order chi connectivity index (χ1) is 13.0. The molecule has 2 heterocycles. The van der Waals surface area contributed by atoms with E-state index in [1.54, 1.807) is 18.3 Å². The van der Waals surface area contributed by atoms with Crippen LogP contribution in [0, 0.1) is 0 Å². The fourth-order valence-electron chi connectivity index (χ4n) is 3.06. The normalized spacial score (nSPS) is 14.7. The Balaban J connectivity index is 1.56. The number of halogens is 1. The van der Waals surface area contributed by atoms with Crippen molar-refractivity contribution in [3.8, 4) is 0 Å². The van der Waals surface area contributed by atoms with Crippen molar-refractivity contribution in [3.63, 3.8) is 0 Å². The topological polar surface area (TPSA) is 71.5 Å². The molecule has 1 atom stereocenters. The van der Waals surface area contributed by atoms with Crippen molar-refractivity contribution >= 4 is 33.6 Å². The quantitative estimate of drug-likeness (QED) is 0.708. The summed E-state index contributed by atoms with van der Waals surface area (Å²) in [5.41, 5.74) is 1.37.